The van der Waals surface area contributed by atoms with Crippen molar-refractivity contribution in [2.75, 3.05) is 19.8 Å². The quantitative estimate of drug-likeness (QED) is 0.893. The summed E-state index contributed by atoms with van der Waals surface area (Å²) >= 11 is 0. The first-order chi connectivity index (χ1) is 12.1. The molecule has 1 saturated heterocycles. The molecule has 0 atom stereocenters. The number of benzene rings is 2. The van der Waals surface area contributed by atoms with E-state index in [1.807, 2.05) is 36.4 Å². The van der Waals surface area contributed by atoms with Crippen LogP contribution in [-0.4, -0.2) is 42.5 Å². The van der Waals surface area contributed by atoms with Gasteiger partial charge in [0.15, 0.2) is 5.54 Å². The molecule has 2 aliphatic rings. The highest BCUT2D eigenvalue weighted by Gasteiger charge is 2.48. The van der Waals surface area contributed by atoms with Crippen LogP contribution in [0.25, 0.3) is 11.1 Å². The van der Waals surface area contributed by atoms with Crippen molar-refractivity contribution in [2.45, 2.75) is 11.5 Å². The molecule has 0 unspecified atom stereocenters. The number of hydrogen-bond acceptors (Lipinski definition) is 4. The van der Waals surface area contributed by atoms with Crippen molar-refractivity contribution in [3.8, 4) is 11.1 Å². The Hall–Kier alpha value is -2.86. The van der Waals surface area contributed by atoms with Gasteiger partial charge in [0, 0.05) is 5.92 Å². The van der Waals surface area contributed by atoms with Crippen molar-refractivity contribution in [3.05, 3.63) is 59.7 Å². The molecule has 25 heavy (non-hydrogen) atoms. The van der Waals surface area contributed by atoms with Crippen molar-refractivity contribution in [1.82, 2.24) is 5.32 Å². The molecule has 2 aromatic rings. The van der Waals surface area contributed by atoms with Gasteiger partial charge in [0.05, 0.1) is 13.2 Å². The number of amides is 1. The number of carboxylic acid groups (broad SMARTS) is 1. The molecule has 1 fully saturated rings. The van der Waals surface area contributed by atoms with Crippen molar-refractivity contribution in [3.63, 3.8) is 0 Å². The topological polar surface area (TPSA) is 84.9 Å². The summed E-state index contributed by atoms with van der Waals surface area (Å²) < 4.78 is 10.3. The summed E-state index contributed by atoms with van der Waals surface area (Å²) in [7, 11) is 0. The maximum absolute atomic E-state index is 12.1. The van der Waals surface area contributed by atoms with Crippen molar-refractivity contribution < 1.29 is 24.2 Å². The number of carboxylic acids is 1. The van der Waals surface area contributed by atoms with E-state index in [0.29, 0.717) is 0 Å². The van der Waals surface area contributed by atoms with Crippen LogP contribution in [0, 0.1) is 0 Å². The minimum Gasteiger partial charge on any atom is -0.479 e. The van der Waals surface area contributed by atoms with Crippen LogP contribution >= 0.6 is 0 Å². The predicted octanol–water partition coefficient (Wildman–Crippen LogP) is 2.38. The van der Waals surface area contributed by atoms with Gasteiger partial charge in [-0.05, 0) is 22.3 Å². The number of alkyl carbamates (subject to hydrolysis) is 1. The molecule has 6 heteroatoms. The second kappa shape index (κ2) is 5.89. The Morgan fingerprint density at radius 2 is 1.64 bits per heavy atom. The predicted molar refractivity (Wildman–Crippen MR) is 89.4 cm³/mol. The molecule has 1 aliphatic heterocycles. The molecule has 1 amide bonds. The minimum absolute atomic E-state index is 0.0491. The summed E-state index contributed by atoms with van der Waals surface area (Å²) in [5, 5.41) is 11.6. The average molecular weight is 339 g/mol. The number of nitrogens with one attached hydrogen (secondary N) is 1. The Labute approximate surface area is 144 Å². The number of hydrogen-bond donors (Lipinski definition) is 2. The Balaban J connectivity index is 1.50. The number of fused-ring (bicyclic) bond motifs is 3. The molecular weight excluding hydrogens is 322 g/mol. The third kappa shape index (κ3) is 2.55. The lowest BCUT2D eigenvalue weighted by atomic mass is 9.98. The Bertz CT molecular complexity index is 798. The van der Waals surface area contributed by atoms with E-state index in [1.165, 1.54) is 0 Å². The number of carbonyl (C=O) groups excluding carboxylic acids is 1. The van der Waals surface area contributed by atoms with E-state index in [-0.39, 0.29) is 25.7 Å². The van der Waals surface area contributed by atoms with Gasteiger partial charge in [-0.3, -0.25) is 0 Å². The van der Waals surface area contributed by atoms with Crippen molar-refractivity contribution in [1.29, 1.82) is 0 Å². The third-order valence-corrected chi connectivity index (χ3v) is 4.79. The maximum atomic E-state index is 12.1. The van der Waals surface area contributed by atoms with Crippen LogP contribution < -0.4 is 5.32 Å². The van der Waals surface area contributed by atoms with Crippen molar-refractivity contribution >= 4 is 12.1 Å². The first kappa shape index (κ1) is 15.7. The summed E-state index contributed by atoms with van der Waals surface area (Å²) in [6, 6.07) is 16.1. The zero-order valence-corrected chi connectivity index (χ0v) is 13.4. The monoisotopic (exact) mass is 339 g/mol. The molecule has 128 valence electrons. The molecule has 1 aliphatic carbocycles. The van der Waals surface area contributed by atoms with E-state index in [1.54, 1.807) is 0 Å². The fourth-order valence-electron chi connectivity index (χ4n) is 3.39. The first-order valence-corrected chi connectivity index (χ1v) is 8.05. The molecule has 0 saturated carbocycles. The van der Waals surface area contributed by atoms with Crippen LogP contribution in [0.5, 0.6) is 0 Å². The number of rotatable bonds is 4. The molecular formula is C19H17NO5. The second-order valence-electron chi connectivity index (χ2n) is 6.33. The molecule has 6 nitrogen and oxygen atoms in total. The van der Waals surface area contributed by atoms with Crippen LogP contribution in [0.4, 0.5) is 4.79 Å². The molecule has 0 spiro atoms. The van der Waals surface area contributed by atoms with Gasteiger partial charge in [-0.15, -0.1) is 0 Å². The SMILES string of the molecule is O=C(NC1(C(=O)O)COC1)OCC1c2ccccc2-c2ccccc21. The van der Waals surface area contributed by atoms with E-state index < -0.39 is 17.6 Å². The summed E-state index contributed by atoms with van der Waals surface area (Å²) in [6.07, 6.45) is -0.743. The smallest absolute Gasteiger partial charge is 0.408 e. The minimum atomic E-state index is -1.37. The lowest BCUT2D eigenvalue weighted by Crippen LogP contribution is -2.67. The van der Waals surface area contributed by atoms with E-state index in [9.17, 15) is 14.7 Å². The van der Waals surface area contributed by atoms with E-state index in [2.05, 4.69) is 17.4 Å². The summed E-state index contributed by atoms with van der Waals surface area (Å²) in [5.41, 5.74) is 3.12. The van der Waals surface area contributed by atoms with Crippen LogP contribution in [0.15, 0.2) is 48.5 Å². The Morgan fingerprint density at radius 1 is 1.08 bits per heavy atom. The van der Waals surface area contributed by atoms with Crippen LogP contribution in [0.1, 0.15) is 17.0 Å². The van der Waals surface area contributed by atoms with E-state index >= 15 is 0 Å². The fraction of sp³-hybridized carbons (Fsp3) is 0.263. The van der Waals surface area contributed by atoms with Gasteiger partial charge in [-0.25, -0.2) is 9.59 Å². The zero-order valence-electron chi connectivity index (χ0n) is 13.4. The van der Waals surface area contributed by atoms with Gasteiger partial charge >= 0.3 is 12.1 Å². The second-order valence-corrected chi connectivity index (χ2v) is 6.33. The lowest BCUT2D eigenvalue weighted by Gasteiger charge is -2.37. The highest BCUT2D eigenvalue weighted by Crippen LogP contribution is 2.44. The number of aliphatic carboxylic acids is 1. The highest BCUT2D eigenvalue weighted by atomic mass is 16.6. The normalized spacial score (nSPS) is 17.1. The fourth-order valence-corrected chi connectivity index (χ4v) is 3.39. The highest BCUT2D eigenvalue weighted by molar-refractivity contribution is 5.85. The van der Waals surface area contributed by atoms with Gasteiger partial charge < -0.3 is 19.9 Å². The van der Waals surface area contributed by atoms with Gasteiger partial charge in [0.1, 0.15) is 6.61 Å². The van der Waals surface area contributed by atoms with Gasteiger partial charge in [-0.2, -0.15) is 0 Å². The molecule has 1 heterocycles. The van der Waals surface area contributed by atoms with E-state index in [4.69, 9.17) is 9.47 Å². The molecule has 2 N–H and O–H groups in total. The lowest BCUT2D eigenvalue weighted by molar-refractivity contribution is -0.165. The van der Waals surface area contributed by atoms with Crippen LogP contribution in [-0.2, 0) is 14.3 Å². The van der Waals surface area contributed by atoms with Gasteiger partial charge in [0.25, 0.3) is 0 Å². The van der Waals surface area contributed by atoms with Gasteiger partial charge in [0.2, 0.25) is 0 Å². The van der Waals surface area contributed by atoms with E-state index in [0.717, 1.165) is 22.3 Å². The number of ether oxygens (including phenoxy) is 2. The summed E-state index contributed by atoms with van der Waals surface area (Å²) in [6.45, 7) is 0.0511. The average Bonchev–Trinajstić information content (AvgIpc) is 2.90. The number of carbonyl (C=O) groups is 2. The Kier molecular flexibility index (Phi) is 3.69. The zero-order chi connectivity index (χ0) is 17.4. The first-order valence-electron chi connectivity index (χ1n) is 8.05. The van der Waals surface area contributed by atoms with Crippen LogP contribution in [0.3, 0.4) is 0 Å². The molecule has 4 rings (SSSR count). The molecule has 0 bridgehead atoms. The summed E-state index contributed by atoms with van der Waals surface area (Å²) in [5.74, 6) is -1.18. The standard InChI is InChI=1S/C19H17NO5/c21-17(22)19(10-24-11-19)20-18(23)25-9-16-14-7-3-1-5-12(14)13-6-2-4-8-15(13)16/h1-8,16H,9-11H2,(H,20,23)(H,21,22). The maximum Gasteiger partial charge on any atom is 0.408 e. The largest absolute Gasteiger partial charge is 0.479 e. The van der Waals surface area contributed by atoms with Crippen LogP contribution in [0.2, 0.25) is 0 Å². The van der Waals surface area contributed by atoms with Crippen molar-refractivity contribution in [2.24, 2.45) is 0 Å². The molecule has 0 radical (unpaired) electrons. The molecule has 0 aromatic heterocycles. The Morgan fingerprint density at radius 3 is 2.12 bits per heavy atom. The van der Waals surface area contributed by atoms with Gasteiger partial charge in [-0.1, -0.05) is 48.5 Å². The third-order valence-electron chi connectivity index (χ3n) is 4.79. The molecule has 2 aromatic carbocycles. The summed E-state index contributed by atoms with van der Waals surface area (Å²) in [4.78, 5) is 23.4.